The van der Waals surface area contributed by atoms with Crippen LogP contribution in [0.3, 0.4) is 0 Å². The standard InChI is InChI=1S/C22H33IN2O5/c1-21(2,3)19-24(7)18(27)16(25(19)20(28)30-22(4,5)6)10-13-9-14(12-26)17(29-8)11-15(13)23/h9,11,16,19,26H,10,12H2,1-8H3/t16-,19-/m0/s1. The van der Waals surface area contributed by atoms with Crippen LogP contribution in [0.25, 0.3) is 0 Å². The van der Waals surface area contributed by atoms with Crippen molar-refractivity contribution in [1.82, 2.24) is 9.80 Å². The summed E-state index contributed by atoms with van der Waals surface area (Å²) in [6.45, 7) is 11.3. The van der Waals surface area contributed by atoms with E-state index in [1.165, 1.54) is 0 Å². The van der Waals surface area contributed by atoms with E-state index in [0.717, 1.165) is 9.13 Å². The summed E-state index contributed by atoms with van der Waals surface area (Å²) >= 11 is 2.19. The summed E-state index contributed by atoms with van der Waals surface area (Å²) in [6, 6.07) is 2.98. The first-order valence-corrected chi connectivity index (χ1v) is 11.0. The van der Waals surface area contributed by atoms with Gasteiger partial charge in [0, 0.05) is 28.0 Å². The molecule has 1 aliphatic rings. The number of nitrogens with zero attached hydrogens (tertiary/aromatic N) is 2. The number of halogens is 1. The van der Waals surface area contributed by atoms with E-state index in [9.17, 15) is 14.7 Å². The summed E-state index contributed by atoms with van der Waals surface area (Å²) < 4.78 is 11.9. The van der Waals surface area contributed by atoms with Crippen molar-refractivity contribution in [2.75, 3.05) is 14.2 Å². The molecule has 1 saturated heterocycles. The number of methoxy groups -OCH3 is 1. The van der Waals surface area contributed by atoms with E-state index >= 15 is 0 Å². The van der Waals surface area contributed by atoms with Crippen molar-refractivity contribution in [3.8, 4) is 5.75 Å². The number of hydrogen-bond acceptors (Lipinski definition) is 5. The molecule has 0 spiro atoms. The highest BCUT2D eigenvalue weighted by atomic mass is 127. The second-order valence-corrected chi connectivity index (χ2v) is 10.9. The molecule has 0 unspecified atom stereocenters. The van der Waals surface area contributed by atoms with Crippen molar-refractivity contribution in [3.05, 3.63) is 26.8 Å². The van der Waals surface area contributed by atoms with Gasteiger partial charge in [0.25, 0.3) is 0 Å². The van der Waals surface area contributed by atoms with Crippen LogP contribution in [0, 0.1) is 8.99 Å². The van der Waals surface area contributed by atoms with Crippen LogP contribution in [0.15, 0.2) is 12.1 Å². The molecule has 168 valence electrons. The van der Waals surface area contributed by atoms with E-state index in [-0.39, 0.29) is 17.9 Å². The Hall–Kier alpha value is -1.55. The maximum Gasteiger partial charge on any atom is 0.412 e. The van der Waals surface area contributed by atoms with E-state index < -0.39 is 23.9 Å². The minimum Gasteiger partial charge on any atom is -0.496 e. The summed E-state index contributed by atoms with van der Waals surface area (Å²) in [4.78, 5) is 29.6. The van der Waals surface area contributed by atoms with Gasteiger partial charge in [-0.2, -0.15) is 0 Å². The topological polar surface area (TPSA) is 79.3 Å². The van der Waals surface area contributed by atoms with Gasteiger partial charge in [0.2, 0.25) is 5.91 Å². The zero-order valence-electron chi connectivity index (χ0n) is 19.1. The summed E-state index contributed by atoms with van der Waals surface area (Å²) in [5.74, 6) is 0.468. The highest BCUT2D eigenvalue weighted by Gasteiger charge is 2.52. The highest BCUT2D eigenvalue weighted by Crippen LogP contribution is 2.37. The third-order valence-electron chi connectivity index (χ3n) is 5.01. The van der Waals surface area contributed by atoms with Crippen LogP contribution in [0.1, 0.15) is 52.7 Å². The first kappa shape index (κ1) is 24.7. The Morgan fingerprint density at radius 1 is 1.17 bits per heavy atom. The van der Waals surface area contributed by atoms with Gasteiger partial charge in [0.1, 0.15) is 23.6 Å². The highest BCUT2D eigenvalue weighted by molar-refractivity contribution is 14.1. The van der Waals surface area contributed by atoms with Crippen LogP contribution < -0.4 is 4.74 Å². The lowest BCUT2D eigenvalue weighted by molar-refractivity contribution is -0.129. The molecule has 8 heteroatoms. The molecule has 2 amide bonds. The van der Waals surface area contributed by atoms with Crippen LogP contribution in [0.4, 0.5) is 4.79 Å². The molecule has 0 aliphatic carbocycles. The SMILES string of the molecule is COc1cc(I)c(C[C@H]2C(=O)N(C)[C@H](C(C)(C)C)N2C(=O)OC(C)(C)C)cc1CO. The Bertz CT molecular complexity index is 813. The maximum absolute atomic E-state index is 13.2. The van der Waals surface area contributed by atoms with Crippen molar-refractivity contribution >= 4 is 34.6 Å². The number of rotatable bonds is 4. The van der Waals surface area contributed by atoms with Crippen LogP contribution in [0.5, 0.6) is 5.75 Å². The third-order valence-corrected chi connectivity index (χ3v) is 6.01. The molecule has 1 heterocycles. The second kappa shape index (κ2) is 8.90. The molecule has 1 N–H and O–H groups in total. The summed E-state index contributed by atoms with van der Waals surface area (Å²) in [7, 11) is 3.28. The molecule has 0 saturated carbocycles. The van der Waals surface area contributed by atoms with E-state index in [4.69, 9.17) is 9.47 Å². The molecule has 0 aromatic heterocycles. The first-order valence-electron chi connectivity index (χ1n) is 9.95. The Kier molecular flexibility index (Phi) is 7.33. The first-order chi connectivity index (χ1) is 13.7. The zero-order valence-corrected chi connectivity index (χ0v) is 21.2. The largest absolute Gasteiger partial charge is 0.496 e. The molecule has 1 fully saturated rings. The summed E-state index contributed by atoms with van der Waals surface area (Å²) in [6.07, 6.45) is -0.612. The maximum atomic E-state index is 13.2. The zero-order chi connectivity index (χ0) is 23.0. The minimum absolute atomic E-state index is 0.127. The Morgan fingerprint density at radius 3 is 2.23 bits per heavy atom. The number of aliphatic hydroxyl groups excluding tert-OH is 1. The number of hydrogen-bond donors (Lipinski definition) is 1. The van der Waals surface area contributed by atoms with Crippen LogP contribution in [-0.2, 0) is 22.6 Å². The molecule has 1 aliphatic heterocycles. The lowest BCUT2D eigenvalue weighted by Gasteiger charge is -2.39. The molecular formula is C22H33IN2O5. The molecule has 2 atom stereocenters. The van der Waals surface area contributed by atoms with Crippen molar-refractivity contribution in [3.63, 3.8) is 0 Å². The number of aliphatic hydroxyl groups is 1. The quantitative estimate of drug-likeness (QED) is 0.598. The number of likely N-dealkylation sites (N-methyl/N-ethyl adjacent to an activating group) is 1. The Morgan fingerprint density at radius 2 is 1.77 bits per heavy atom. The number of carbonyl (C=O) groups is 2. The van der Waals surface area contributed by atoms with Gasteiger partial charge in [-0.05, 0) is 61.1 Å². The fourth-order valence-corrected chi connectivity index (χ4v) is 4.55. The van der Waals surface area contributed by atoms with E-state index in [0.29, 0.717) is 17.7 Å². The fourth-order valence-electron chi connectivity index (χ4n) is 3.89. The van der Waals surface area contributed by atoms with E-state index in [2.05, 4.69) is 22.6 Å². The molecule has 1 aromatic carbocycles. The Labute approximate surface area is 192 Å². The van der Waals surface area contributed by atoms with Gasteiger partial charge in [-0.15, -0.1) is 0 Å². The molecule has 2 rings (SSSR count). The molecule has 1 aromatic rings. The number of carbonyl (C=O) groups excluding carboxylic acids is 2. The second-order valence-electron chi connectivity index (χ2n) is 9.71. The van der Waals surface area contributed by atoms with Gasteiger partial charge < -0.3 is 19.5 Å². The average Bonchev–Trinajstić information content (AvgIpc) is 2.86. The lowest BCUT2D eigenvalue weighted by atomic mass is 9.91. The third kappa shape index (κ3) is 5.19. The van der Waals surface area contributed by atoms with Crippen molar-refractivity contribution in [2.45, 2.75) is 72.4 Å². The van der Waals surface area contributed by atoms with Gasteiger partial charge in [-0.3, -0.25) is 9.69 Å². The van der Waals surface area contributed by atoms with Crippen LogP contribution in [-0.4, -0.2) is 58.9 Å². The van der Waals surface area contributed by atoms with E-state index in [1.54, 1.807) is 24.0 Å². The monoisotopic (exact) mass is 532 g/mol. The Balaban J connectivity index is 2.50. The molecule has 0 bridgehead atoms. The normalized spacial score (nSPS) is 20.0. The van der Waals surface area contributed by atoms with Gasteiger partial charge in [0.05, 0.1) is 13.7 Å². The fraction of sp³-hybridized carbons (Fsp3) is 0.636. The van der Waals surface area contributed by atoms with Crippen molar-refractivity contribution < 1.29 is 24.2 Å². The van der Waals surface area contributed by atoms with Crippen molar-refractivity contribution in [1.29, 1.82) is 0 Å². The van der Waals surface area contributed by atoms with Gasteiger partial charge in [-0.25, -0.2) is 4.79 Å². The molecule has 30 heavy (non-hydrogen) atoms. The minimum atomic E-state index is -0.692. The number of ether oxygens (including phenoxy) is 2. The molecular weight excluding hydrogens is 499 g/mol. The predicted octanol–water partition coefficient (Wildman–Crippen LogP) is 3.78. The molecule has 7 nitrogen and oxygen atoms in total. The van der Waals surface area contributed by atoms with Crippen LogP contribution >= 0.6 is 22.6 Å². The molecule has 0 radical (unpaired) electrons. The number of benzene rings is 1. The lowest BCUT2D eigenvalue weighted by Crippen LogP contribution is -2.52. The number of amides is 2. The van der Waals surface area contributed by atoms with Gasteiger partial charge >= 0.3 is 6.09 Å². The van der Waals surface area contributed by atoms with Gasteiger partial charge in [-0.1, -0.05) is 20.8 Å². The van der Waals surface area contributed by atoms with Crippen molar-refractivity contribution in [2.24, 2.45) is 5.41 Å². The average molecular weight is 532 g/mol. The smallest absolute Gasteiger partial charge is 0.412 e. The van der Waals surface area contributed by atoms with Crippen LogP contribution in [0.2, 0.25) is 0 Å². The summed E-state index contributed by atoms with van der Waals surface area (Å²) in [5.41, 5.74) is 0.477. The summed E-state index contributed by atoms with van der Waals surface area (Å²) in [5, 5.41) is 9.69. The predicted molar refractivity (Wildman–Crippen MR) is 123 cm³/mol. The van der Waals surface area contributed by atoms with Gasteiger partial charge in [0.15, 0.2) is 0 Å². The van der Waals surface area contributed by atoms with E-state index in [1.807, 2.05) is 53.7 Å².